The highest BCUT2D eigenvalue weighted by atomic mass is 32.1. The van der Waals surface area contributed by atoms with Gasteiger partial charge >= 0.3 is 0 Å². The number of nitrogens with zero attached hydrogens (tertiary/aromatic N) is 2. The summed E-state index contributed by atoms with van der Waals surface area (Å²) in [5.41, 5.74) is 0.535. The molecule has 5 heteroatoms. The Hall–Kier alpha value is -0.810. The van der Waals surface area contributed by atoms with E-state index in [1.807, 2.05) is 0 Å². The minimum Gasteiger partial charge on any atom is -0.391 e. The second-order valence-electron chi connectivity index (χ2n) is 1.44. The molecular formula is C4H5N3OS. The van der Waals surface area contributed by atoms with Crippen molar-refractivity contribution in [1.29, 1.82) is 0 Å². The van der Waals surface area contributed by atoms with Crippen LogP contribution >= 0.6 is 12.2 Å². The Morgan fingerprint density at radius 1 is 1.89 bits per heavy atom. The Bertz CT molecular complexity index is 196. The van der Waals surface area contributed by atoms with Crippen molar-refractivity contribution in [1.82, 2.24) is 15.4 Å². The average molecular weight is 143 g/mol. The predicted molar refractivity (Wildman–Crippen MR) is 35.2 cm³/mol. The monoisotopic (exact) mass is 143 g/mol. The number of hydrogen-bond acceptors (Lipinski definition) is 4. The number of aromatic amines is 1. The van der Waals surface area contributed by atoms with Crippen LogP contribution in [0.1, 0.15) is 5.69 Å². The second-order valence-corrected chi connectivity index (χ2v) is 1.93. The molecule has 1 aromatic rings. The van der Waals surface area contributed by atoms with Crippen LogP contribution in [0.15, 0.2) is 6.20 Å². The summed E-state index contributed by atoms with van der Waals surface area (Å²) in [7, 11) is 0. The molecule has 0 aromatic carbocycles. The molecule has 0 aliphatic carbocycles. The summed E-state index contributed by atoms with van der Waals surface area (Å²) in [5, 5.41) is 18.0. The van der Waals surface area contributed by atoms with Crippen LogP contribution in [0.5, 0.6) is 0 Å². The van der Waals surface area contributed by atoms with Gasteiger partial charge in [-0.25, -0.2) is 0 Å². The van der Waals surface area contributed by atoms with Crippen molar-refractivity contribution in [3.05, 3.63) is 11.9 Å². The molecule has 0 aliphatic heterocycles. The lowest BCUT2D eigenvalue weighted by atomic mass is 10.3. The van der Waals surface area contributed by atoms with Crippen LogP contribution in [-0.2, 0) is 0 Å². The summed E-state index contributed by atoms with van der Waals surface area (Å²) in [5.74, 6) is 0. The van der Waals surface area contributed by atoms with Crippen molar-refractivity contribution in [2.75, 3.05) is 6.61 Å². The van der Waals surface area contributed by atoms with Crippen molar-refractivity contribution >= 4 is 17.1 Å². The van der Waals surface area contributed by atoms with Crippen molar-refractivity contribution in [3.63, 3.8) is 0 Å². The summed E-state index contributed by atoms with van der Waals surface area (Å²) in [6.07, 6.45) is 1.47. The maximum Gasteiger partial charge on any atom is 0.121 e. The van der Waals surface area contributed by atoms with Gasteiger partial charge in [-0.2, -0.15) is 15.4 Å². The molecule has 0 amide bonds. The number of thiocarbonyl (C=S) groups is 1. The van der Waals surface area contributed by atoms with E-state index in [0.29, 0.717) is 10.6 Å². The number of H-pyrrole nitrogens is 1. The largest absolute Gasteiger partial charge is 0.391 e. The fourth-order valence-corrected chi connectivity index (χ4v) is 0.515. The van der Waals surface area contributed by atoms with Crippen LogP contribution < -0.4 is 0 Å². The Morgan fingerprint density at radius 2 is 2.67 bits per heavy atom. The van der Waals surface area contributed by atoms with E-state index in [4.69, 9.17) is 17.3 Å². The van der Waals surface area contributed by atoms with Crippen molar-refractivity contribution in [2.24, 2.45) is 0 Å². The summed E-state index contributed by atoms with van der Waals surface area (Å²) in [6, 6.07) is 0. The van der Waals surface area contributed by atoms with Gasteiger partial charge in [-0.05, 0) is 0 Å². The zero-order valence-corrected chi connectivity index (χ0v) is 5.35. The third-order valence-electron chi connectivity index (χ3n) is 0.844. The van der Waals surface area contributed by atoms with Crippen LogP contribution in [0.3, 0.4) is 0 Å². The summed E-state index contributed by atoms with van der Waals surface area (Å²) in [6.45, 7) is -0.151. The highest BCUT2D eigenvalue weighted by Gasteiger charge is 1.99. The highest BCUT2D eigenvalue weighted by molar-refractivity contribution is 7.80. The van der Waals surface area contributed by atoms with E-state index < -0.39 is 0 Å². The third-order valence-corrected chi connectivity index (χ3v) is 1.18. The number of aliphatic hydroxyl groups excluding tert-OH is 1. The Morgan fingerprint density at radius 3 is 3.11 bits per heavy atom. The van der Waals surface area contributed by atoms with Gasteiger partial charge in [0, 0.05) is 0 Å². The zero-order valence-electron chi connectivity index (χ0n) is 4.53. The molecule has 0 saturated carbocycles. The van der Waals surface area contributed by atoms with Gasteiger partial charge in [0.25, 0.3) is 0 Å². The molecule has 48 valence electrons. The highest BCUT2D eigenvalue weighted by Crippen LogP contribution is 1.90. The second kappa shape index (κ2) is 2.65. The molecule has 0 radical (unpaired) electrons. The molecule has 9 heavy (non-hydrogen) atoms. The van der Waals surface area contributed by atoms with Gasteiger partial charge in [-0.1, -0.05) is 12.2 Å². The summed E-state index contributed by atoms with van der Waals surface area (Å²) in [4.78, 5) is 0.406. The molecule has 4 nitrogen and oxygen atoms in total. The molecule has 0 saturated heterocycles. The molecular weight excluding hydrogens is 138 g/mol. The van der Waals surface area contributed by atoms with Crippen molar-refractivity contribution < 1.29 is 5.11 Å². The van der Waals surface area contributed by atoms with E-state index in [1.54, 1.807) is 0 Å². The lowest BCUT2D eigenvalue weighted by molar-refractivity contribution is 0.360. The summed E-state index contributed by atoms with van der Waals surface area (Å²) >= 11 is 4.70. The number of aliphatic hydroxyl groups is 1. The van der Waals surface area contributed by atoms with E-state index in [9.17, 15) is 0 Å². The van der Waals surface area contributed by atoms with Gasteiger partial charge in [0.05, 0.1) is 17.7 Å². The Kier molecular flexibility index (Phi) is 1.86. The van der Waals surface area contributed by atoms with Gasteiger partial charge < -0.3 is 5.11 Å². The fraction of sp³-hybridized carbons (Fsp3) is 0.250. The van der Waals surface area contributed by atoms with E-state index in [-0.39, 0.29) is 6.61 Å². The first-order valence-electron chi connectivity index (χ1n) is 2.34. The minimum atomic E-state index is -0.151. The minimum absolute atomic E-state index is 0.151. The molecule has 1 aromatic heterocycles. The summed E-state index contributed by atoms with van der Waals surface area (Å²) < 4.78 is 0. The average Bonchev–Trinajstić information content (AvgIpc) is 2.37. The lowest BCUT2D eigenvalue weighted by Crippen LogP contribution is -2.02. The molecule has 0 unspecified atom stereocenters. The van der Waals surface area contributed by atoms with Gasteiger partial charge in [0.15, 0.2) is 0 Å². The van der Waals surface area contributed by atoms with Gasteiger partial charge in [0.1, 0.15) is 5.69 Å². The first kappa shape index (κ1) is 6.31. The maximum absolute atomic E-state index is 8.48. The number of rotatable bonds is 2. The van der Waals surface area contributed by atoms with Gasteiger partial charge in [-0.15, -0.1) is 0 Å². The Balaban J connectivity index is 2.77. The van der Waals surface area contributed by atoms with Crippen LogP contribution in [0.2, 0.25) is 0 Å². The number of nitrogens with one attached hydrogen (secondary N) is 1. The van der Waals surface area contributed by atoms with Gasteiger partial charge in [-0.3, -0.25) is 0 Å². The maximum atomic E-state index is 8.48. The van der Waals surface area contributed by atoms with Gasteiger partial charge in [0.2, 0.25) is 0 Å². The third kappa shape index (κ3) is 1.30. The first-order chi connectivity index (χ1) is 4.34. The predicted octanol–water partition coefficient (Wildman–Crippen LogP) is -0.485. The quantitative estimate of drug-likeness (QED) is 0.433. The standard InChI is InChI=1S/C4H5N3OS/c8-2-4(9)3-1-5-7-6-3/h1,8H,2H2,(H,5,6,7). The van der Waals surface area contributed by atoms with Crippen LogP contribution in [0.25, 0.3) is 0 Å². The zero-order chi connectivity index (χ0) is 6.69. The van der Waals surface area contributed by atoms with E-state index >= 15 is 0 Å². The van der Waals surface area contributed by atoms with E-state index in [1.165, 1.54) is 6.20 Å². The SMILES string of the molecule is OCC(=S)c1cn[nH]n1. The van der Waals surface area contributed by atoms with Crippen molar-refractivity contribution in [2.45, 2.75) is 0 Å². The molecule has 0 bridgehead atoms. The first-order valence-corrected chi connectivity index (χ1v) is 2.75. The van der Waals surface area contributed by atoms with E-state index in [0.717, 1.165) is 0 Å². The smallest absolute Gasteiger partial charge is 0.121 e. The molecule has 0 aliphatic rings. The van der Waals surface area contributed by atoms with Crippen LogP contribution in [0.4, 0.5) is 0 Å². The normalized spacial score (nSPS) is 9.44. The molecule has 1 heterocycles. The van der Waals surface area contributed by atoms with Crippen LogP contribution in [-0.4, -0.2) is 32.0 Å². The van der Waals surface area contributed by atoms with Crippen LogP contribution in [0, 0.1) is 0 Å². The number of hydrogen-bond donors (Lipinski definition) is 2. The molecule has 1 rings (SSSR count). The fourth-order valence-electron chi connectivity index (χ4n) is 0.417. The molecule has 0 atom stereocenters. The number of aromatic nitrogens is 3. The molecule has 0 spiro atoms. The molecule has 0 fully saturated rings. The Labute approximate surface area is 56.9 Å². The van der Waals surface area contributed by atoms with E-state index in [2.05, 4.69) is 15.4 Å². The molecule has 2 N–H and O–H groups in total. The van der Waals surface area contributed by atoms with Crippen molar-refractivity contribution in [3.8, 4) is 0 Å². The topological polar surface area (TPSA) is 61.8 Å². The lowest BCUT2D eigenvalue weighted by Gasteiger charge is -1.87.